The molecule has 2 aromatic rings. The van der Waals surface area contributed by atoms with E-state index in [0.717, 1.165) is 30.2 Å². The van der Waals surface area contributed by atoms with Crippen molar-refractivity contribution in [2.45, 2.75) is 39.2 Å². The van der Waals surface area contributed by atoms with E-state index in [2.05, 4.69) is 45.4 Å². The molecule has 1 aromatic carbocycles. The fraction of sp³-hybridized carbons (Fsp3) is 0.400. The molecule has 0 aliphatic carbocycles. The number of amides is 1. The number of carbonyl (C=O) groups is 1. The Morgan fingerprint density at radius 3 is 2.58 bits per heavy atom. The Balaban J connectivity index is 1.78. The van der Waals surface area contributed by atoms with Crippen LogP contribution in [-0.2, 0) is 11.3 Å². The molecular weight excluding hydrogens is 344 g/mol. The topological polar surface area (TPSA) is 65.5 Å². The Morgan fingerprint density at radius 1 is 1.19 bits per heavy atom. The SMILES string of the molecule is CCCC(=O)Nc1ccc(CNC(=NC)NCC(C)c2cccs2)cc1. The van der Waals surface area contributed by atoms with Crippen molar-refractivity contribution >= 4 is 28.9 Å². The summed E-state index contributed by atoms with van der Waals surface area (Å²) >= 11 is 1.78. The Morgan fingerprint density at radius 2 is 1.96 bits per heavy atom. The number of aliphatic imine (C=N–C) groups is 1. The highest BCUT2D eigenvalue weighted by atomic mass is 32.1. The molecule has 0 fully saturated rings. The van der Waals surface area contributed by atoms with Crippen molar-refractivity contribution in [1.82, 2.24) is 10.6 Å². The van der Waals surface area contributed by atoms with Gasteiger partial charge in [0, 0.05) is 43.0 Å². The van der Waals surface area contributed by atoms with Crippen molar-refractivity contribution < 1.29 is 4.79 Å². The van der Waals surface area contributed by atoms with Crippen molar-refractivity contribution in [1.29, 1.82) is 0 Å². The first-order valence-corrected chi connectivity index (χ1v) is 9.87. The average Bonchev–Trinajstić information content (AvgIpc) is 3.18. The second-order valence-electron chi connectivity index (χ2n) is 6.22. The maximum atomic E-state index is 11.6. The van der Waals surface area contributed by atoms with Crippen LogP contribution in [0.15, 0.2) is 46.8 Å². The lowest BCUT2D eigenvalue weighted by Gasteiger charge is -2.15. The fourth-order valence-corrected chi connectivity index (χ4v) is 3.27. The number of hydrogen-bond donors (Lipinski definition) is 3. The van der Waals surface area contributed by atoms with Crippen molar-refractivity contribution in [2.75, 3.05) is 18.9 Å². The number of carbonyl (C=O) groups excluding carboxylic acids is 1. The van der Waals surface area contributed by atoms with Gasteiger partial charge < -0.3 is 16.0 Å². The normalized spacial score (nSPS) is 12.5. The summed E-state index contributed by atoms with van der Waals surface area (Å²) in [5.41, 5.74) is 1.97. The molecule has 26 heavy (non-hydrogen) atoms. The second-order valence-corrected chi connectivity index (χ2v) is 7.20. The lowest BCUT2D eigenvalue weighted by molar-refractivity contribution is -0.116. The van der Waals surface area contributed by atoms with E-state index in [1.54, 1.807) is 18.4 Å². The summed E-state index contributed by atoms with van der Waals surface area (Å²) in [4.78, 5) is 17.3. The molecule has 1 unspecified atom stereocenters. The summed E-state index contributed by atoms with van der Waals surface area (Å²) < 4.78 is 0. The van der Waals surface area contributed by atoms with E-state index in [1.165, 1.54) is 4.88 Å². The van der Waals surface area contributed by atoms with Crippen LogP contribution in [0.1, 0.15) is 43.0 Å². The summed E-state index contributed by atoms with van der Waals surface area (Å²) in [6.07, 6.45) is 1.40. The number of rotatable bonds is 8. The minimum absolute atomic E-state index is 0.0582. The monoisotopic (exact) mass is 372 g/mol. The van der Waals surface area contributed by atoms with Gasteiger partial charge in [-0.3, -0.25) is 9.79 Å². The zero-order chi connectivity index (χ0) is 18.8. The Labute approximate surface area is 159 Å². The van der Waals surface area contributed by atoms with E-state index in [1.807, 2.05) is 31.2 Å². The first-order chi connectivity index (χ1) is 12.6. The third-order valence-corrected chi connectivity index (χ3v) is 5.11. The van der Waals surface area contributed by atoms with Gasteiger partial charge in [-0.2, -0.15) is 0 Å². The van der Waals surface area contributed by atoms with Crippen LogP contribution in [-0.4, -0.2) is 25.5 Å². The van der Waals surface area contributed by atoms with E-state index in [9.17, 15) is 4.79 Å². The molecule has 1 aromatic heterocycles. The van der Waals surface area contributed by atoms with Gasteiger partial charge >= 0.3 is 0 Å². The molecule has 5 nitrogen and oxygen atoms in total. The Hall–Kier alpha value is -2.34. The minimum Gasteiger partial charge on any atom is -0.356 e. The first kappa shape index (κ1) is 20.0. The molecule has 3 N–H and O–H groups in total. The standard InChI is InChI=1S/C20H28N4OS/c1-4-6-19(25)24-17-10-8-16(9-11-17)14-23-20(21-3)22-13-15(2)18-7-5-12-26-18/h5,7-12,15H,4,6,13-14H2,1-3H3,(H,24,25)(H2,21,22,23). The van der Waals surface area contributed by atoms with Crippen LogP contribution in [0.2, 0.25) is 0 Å². The van der Waals surface area contributed by atoms with E-state index >= 15 is 0 Å². The lowest BCUT2D eigenvalue weighted by atomic mass is 10.1. The van der Waals surface area contributed by atoms with Crippen molar-refractivity contribution in [3.63, 3.8) is 0 Å². The van der Waals surface area contributed by atoms with E-state index in [-0.39, 0.29) is 5.91 Å². The molecule has 0 aliphatic rings. The van der Waals surface area contributed by atoms with Gasteiger partial charge in [-0.15, -0.1) is 11.3 Å². The number of hydrogen-bond acceptors (Lipinski definition) is 3. The average molecular weight is 373 g/mol. The minimum atomic E-state index is 0.0582. The molecule has 0 saturated heterocycles. The molecule has 2 rings (SSSR count). The highest BCUT2D eigenvalue weighted by Crippen LogP contribution is 2.19. The van der Waals surface area contributed by atoms with Crippen LogP contribution in [0.25, 0.3) is 0 Å². The van der Waals surface area contributed by atoms with Crippen molar-refractivity contribution in [2.24, 2.45) is 4.99 Å². The van der Waals surface area contributed by atoms with Crippen molar-refractivity contribution in [3.8, 4) is 0 Å². The molecule has 1 heterocycles. The summed E-state index contributed by atoms with van der Waals surface area (Å²) in [5.74, 6) is 1.29. The second kappa shape index (κ2) is 10.6. The van der Waals surface area contributed by atoms with Crippen molar-refractivity contribution in [3.05, 3.63) is 52.2 Å². The maximum absolute atomic E-state index is 11.6. The molecule has 0 aliphatic heterocycles. The highest BCUT2D eigenvalue weighted by Gasteiger charge is 2.07. The summed E-state index contributed by atoms with van der Waals surface area (Å²) in [7, 11) is 1.78. The first-order valence-electron chi connectivity index (χ1n) is 8.99. The number of guanidine groups is 1. The van der Waals surface area contributed by atoms with E-state index < -0.39 is 0 Å². The van der Waals surface area contributed by atoms with Gasteiger partial charge in [-0.1, -0.05) is 32.0 Å². The van der Waals surface area contributed by atoms with Gasteiger partial charge in [-0.25, -0.2) is 0 Å². The number of nitrogens with one attached hydrogen (secondary N) is 3. The van der Waals surface area contributed by atoms with Gasteiger partial charge in [0.15, 0.2) is 5.96 Å². The highest BCUT2D eigenvalue weighted by molar-refractivity contribution is 7.10. The predicted octanol–water partition coefficient (Wildman–Crippen LogP) is 3.96. The largest absolute Gasteiger partial charge is 0.356 e. The van der Waals surface area contributed by atoms with Crippen LogP contribution < -0.4 is 16.0 Å². The van der Waals surface area contributed by atoms with Crippen LogP contribution >= 0.6 is 11.3 Å². The van der Waals surface area contributed by atoms with Gasteiger partial charge in [-0.05, 0) is 35.6 Å². The molecule has 0 saturated carbocycles. The van der Waals surface area contributed by atoms with Gasteiger partial charge in [0.25, 0.3) is 0 Å². The Bertz CT molecular complexity index is 695. The van der Waals surface area contributed by atoms with E-state index in [0.29, 0.717) is 18.9 Å². The third-order valence-electron chi connectivity index (χ3n) is 4.00. The van der Waals surface area contributed by atoms with Gasteiger partial charge in [0.05, 0.1) is 0 Å². The lowest BCUT2D eigenvalue weighted by Crippen LogP contribution is -2.38. The molecule has 0 bridgehead atoms. The molecule has 140 valence electrons. The summed E-state index contributed by atoms with van der Waals surface area (Å²) in [6, 6.07) is 12.1. The molecule has 0 radical (unpaired) electrons. The number of nitrogens with zero attached hydrogens (tertiary/aromatic N) is 1. The maximum Gasteiger partial charge on any atom is 0.224 e. The predicted molar refractivity (Wildman–Crippen MR) is 111 cm³/mol. The zero-order valence-corrected chi connectivity index (χ0v) is 16.5. The molecule has 1 atom stereocenters. The third kappa shape index (κ3) is 6.52. The van der Waals surface area contributed by atoms with Crippen LogP contribution in [0.3, 0.4) is 0 Å². The molecule has 6 heteroatoms. The zero-order valence-electron chi connectivity index (χ0n) is 15.7. The van der Waals surface area contributed by atoms with Crippen LogP contribution in [0.4, 0.5) is 5.69 Å². The smallest absolute Gasteiger partial charge is 0.224 e. The summed E-state index contributed by atoms with van der Waals surface area (Å²) in [5, 5.41) is 11.7. The van der Waals surface area contributed by atoms with Crippen LogP contribution in [0, 0.1) is 0 Å². The Kier molecular flexibility index (Phi) is 8.15. The molecule has 0 spiro atoms. The molecular formula is C20H28N4OS. The van der Waals surface area contributed by atoms with Gasteiger partial charge in [0.2, 0.25) is 5.91 Å². The van der Waals surface area contributed by atoms with Gasteiger partial charge in [0.1, 0.15) is 0 Å². The molecule has 1 amide bonds. The summed E-state index contributed by atoms with van der Waals surface area (Å²) in [6.45, 7) is 5.72. The van der Waals surface area contributed by atoms with E-state index in [4.69, 9.17) is 0 Å². The number of anilines is 1. The quantitative estimate of drug-likeness (QED) is 0.485. The fourth-order valence-electron chi connectivity index (χ4n) is 2.48. The van der Waals surface area contributed by atoms with Crippen LogP contribution in [0.5, 0.6) is 0 Å². The number of thiophene rings is 1. The number of benzene rings is 1.